The van der Waals surface area contributed by atoms with E-state index < -0.39 is 17.2 Å². The summed E-state index contributed by atoms with van der Waals surface area (Å²) in [7, 11) is 0. The topological polar surface area (TPSA) is 80.6 Å². The lowest BCUT2D eigenvalue weighted by molar-refractivity contribution is 0.589. The summed E-state index contributed by atoms with van der Waals surface area (Å²) in [5.74, 6) is -1.82. The van der Waals surface area contributed by atoms with E-state index in [1.807, 2.05) is 31.2 Å². The maximum atomic E-state index is 14.9. The largest absolute Gasteiger partial charge is 0.369 e. The van der Waals surface area contributed by atoms with Crippen LogP contribution in [0.2, 0.25) is 5.02 Å². The molecule has 10 heteroatoms. The first-order valence-electron chi connectivity index (χ1n) is 10.5. The number of hydrogen-bond acceptors (Lipinski definition) is 5. The van der Waals surface area contributed by atoms with Gasteiger partial charge < -0.3 is 10.2 Å². The van der Waals surface area contributed by atoms with Gasteiger partial charge in [-0.05, 0) is 36.8 Å². The van der Waals surface area contributed by atoms with Gasteiger partial charge in [-0.25, -0.2) is 13.8 Å². The summed E-state index contributed by atoms with van der Waals surface area (Å²) in [6.45, 7) is 5.46. The fourth-order valence-corrected chi connectivity index (χ4v) is 4.44. The van der Waals surface area contributed by atoms with Gasteiger partial charge in [-0.2, -0.15) is 10.4 Å². The molecular formula is C24H20Cl2F2N6. The van der Waals surface area contributed by atoms with Crippen LogP contribution in [0.1, 0.15) is 11.3 Å². The number of anilines is 1. The molecule has 1 aliphatic rings. The van der Waals surface area contributed by atoms with Crippen LogP contribution in [-0.2, 0) is 0 Å². The molecule has 2 aromatic heterocycles. The number of aromatic amines is 1. The Balaban J connectivity index is 0.00000274. The third kappa shape index (κ3) is 3.96. The van der Waals surface area contributed by atoms with Gasteiger partial charge >= 0.3 is 0 Å². The molecule has 0 aliphatic carbocycles. The van der Waals surface area contributed by atoms with Crippen LogP contribution in [0.4, 0.5) is 14.5 Å². The Morgan fingerprint density at radius 1 is 1.06 bits per heavy atom. The zero-order valence-electron chi connectivity index (χ0n) is 18.1. The fourth-order valence-electron chi connectivity index (χ4n) is 4.29. The fraction of sp³-hybridized carbons (Fsp3) is 0.208. The average Bonchev–Trinajstić information content (AvgIpc) is 3.21. The summed E-state index contributed by atoms with van der Waals surface area (Å²) in [6, 6.07) is 12.1. The molecule has 0 saturated carbocycles. The minimum Gasteiger partial charge on any atom is -0.369 e. The second kappa shape index (κ2) is 9.55. The maximum absolute atomic E-state index is 14.9. The number of halogens is 4. The van der Waals surface area contributed by atoms with Gasteiger partial charge in [-0.3, -0.25) is 5.10 Å². The van der Waals surface area contributed by atoms with E-state index in [1.54, 1.807) is 0 Å². The third-order valence-corrected chi connectivity index (χ3v) is 6.21. The molecular weight excluding hydrogens is 481 g/mol. The zero-order chi connectivity index (χ0) is 23.1. The number of aromatic nitrogens is 3. The van der Waals surface area contributed by atoms with Crippen molar-refractivity contribution in [2.24, 2.45) is 0 Å². The van der Waals surface area contributed by atoms with Crippen molar-refractivity contribution < 1.29 is 8.78 Å². The minimum absolute atomic E-state index is 0. The number of hydrogen-bond donors (Lipinski definition) is 2. The summed E-state index contributed by atoms with van der Waals surface area (Å²) in [6.07, 6.45) is 0. The molecule has 0 unspecified atom stereocenters. The monoisotopic (exact) mass is 500 g/mol. The molecule has 0 amide bonds. The lowest BCUT2D eigenvalue weighted by Crippen LogP contribution is -2.43. The molecule has 0 atom stereocenters. The van der Waals surface area contributed by atoms with E-state index in [0.717, 1.165) is 49.6 Å². The highest BCUT2D eigenvalue weighted by Crippen LogP contribution is 2.40. The number of H-pyrrole nitrogens is 1. The second-order valence-electron chi connectivity index (χ2n) is 7.87. The molecule has 1 saturated heterocycles. The Morgan fingerprint density at radius 2 is 1.76 bits per heavy atom. The van der Waals surface area contributed by atoms with Gasteiger partial charge in [0, 0.05) is 43.1 Å². The first-order valence-corrected chi connectivity index (χ1v) is 10.9. The van der Waals surface area contributed by atoms with Crippen LogP contribution in [0, 0.1) is 29.9 Å². The Labute approximate surface area is 206 Å². The Hall–Kier alpha value is -3.25. The molecule has 4 aromatic rings. The SMILES string of the molecule is Cc1[nH]nc2nc(-c3c(F)ccc(Cl)c3F)c(C#N)c(-c3ccc(N4CCNCC4)cc3)c12.Cl. The first kappa shape index (κ1) is 23.9. The van der Waals surface area contributed by atoms with E-state index in [1.165, 1.54) is 0 Å². The number of nitrogens with zero attached hydrogens (tertiary/aromatic N) is 4. The third-order valence-electron chi connectivity index (χ3n) is 5.91. The van der Waals surface area contributed by atoms with Crippen molar-refractivity contribution in [3.8, 4) is 28.5 Å². The van der Waals surface area contributed by atoms with Gasteiger partial charge in [0.2, 0.25) is 0 Å². The minimum atomic E-state index is -0.965. The molecule has 2 aromatic carbocycles. The van der Waals surface area contributed by atoms with Crippen molar-refractivity contribution >= 4 is 40.7 Å². The molecule has 6 nitrogen and oxygen atoms in total. The average molecular weight is 501 g/mol. The van der Waals surface area contributed by atoms with Crippen molar-refractivity contribution in [2.45, 2.75) is 6.92 Å². The van der Waals surface area contributed by atoms with Crippen molar-refractivity contribution in [3.05, 3.63) is 64.3 Å². The number of benzene rings is 2. The van der Waals surface area contributed by atoms with E-state index >= 15 is 0 Å². The van der Waals surface area contributed by atoms with E-state index in [4.69, 9.17) is 11.6 Å². The van der Waals surface area contributed by atoms with Crippen LogP contribution >= 0.6 is 24.0 Å². The molecule has 174 valence electrons. The standard InChI is InChI=1S/C24H19ClF2N6.ClH/c1-13-19-20(14-2-4-15(5-3-14)33-10-8-29-9-11-33)16(12-28)23(30-24(19)32-31-13)21-18(26)7-6-17(25)22(21)27;/h2-7,29H,8-11H2,1H3,(H,30,31,32);1H. The van der Waals surface area contributed by atoms with Crippen LogP contribution in [0.25, 0.3) is 33.4 Å². The summed E-state index contributed by atoms with van der Waals surface area (Å²) in [5.41, 5.74) is 2.77. The van der Waals surface area contributed by atoms with Crippen LogP contribution in [0.15, 0.2) is 36.4 Å². The Kier molecular flexibility index (Phi) is 6.71. The van der Waals surface area contributed by atoms with Crippen LogP contribution < -0.4 is 10.2 Å². The van der Waals surface area contributed by atoms with Crippen LogP contribution in [0.3, 0.4) is 0 Å². The molecule has 0 bridgehead atoms. The highest BCUT2D eigenvalue weighted by molar-refractivity contribution is 6.31. The number of rotatable bonds is 3. The number of nitriles is 1. The number of pyridine rings is 1. The molecule has 1 fully saturated rings. The van der Waals surface area contributed by atoms with Gasteiger partial charge in [0.1, 0.15) is 11.9 Å². The normalized spacial score (nSPS) is 13.6. The first-order chi connectivity index (χ1) is 16.0. The lowest BCUT2D eigenvalue weighted by atomic mass is 9.93. The molecule has 3 heterocycles. The van der Waals surface area contributed by atoms with E-state index in [-0.39, 0.29) is 34.3 Å². The van der Waals surface area contributed by atoms with Crippen LogP contribution in [0.5, 0.6) is 0 Å². The van der Waals surface area contributed by atoms with Gasteiger partial charge in [0.05, 0.1) is 27.2 Å². The molecule has 0 spiro atoms. The highest BCUT2D eigenvalue weighted by atomic mass is 35.5. The van der Waals surface area contributed by atoms with Crippen molar-refractivity contribution in [1.29, 1.82) is 5.26 Å². The van der Waals surface area contributed by atoms with Gasteiger partial charge in [0.15, 0.2) is 11.5 Å². The molecule has 5 rings (SSSR count). The van der Waals surface area contributed by atoms with E-state index in [2.05, 4.69) is 31.5 Å². The number of aryl methyl sites for hydroxylation is 1. The number of fused-ring (bicyclic) bond motifs is 1. The number of piperazine rings is 1. The predicted octanol–water partition coefficient (Wildman–Crippen LogP) is 5.24. The van der Waals surface area contributed by atoms with Gasteiger partial charge in [0.25, 0.3) is 0 Å². The molecule has 2 N–H and O–H groups in total. The summed E-state index contributed by atoms with van der Waals surface area (Å²) < 4.78 is 29.6. The lowest BCUT2D eigenvalue weighted by Gasteiger charge is -2.29. The smallest absolute Gasteiger partial charge is 0.182 e. The van der Waals surface area contributed by atoms with Crippen LogP contribution in [-0.4, -0.2) is 41.4 Å². The summed E-state index contributed by atoms with van der Waals surface area (Å²) in [4.78, 5) is 6.64. The van der Waals surface area contributed by atoms with Crippen molar-refractivity contribution in [3.63, 3.8) is 0 Å². The Morgan fingerprint density at radius 3 is 2.44 bits per heavy atom. The Bertz CT molecular complexity index is 1410. The predicted molar refractivity (Wildman–Crippen MR) is 131 cm³/mol. The summed E-state index contributed by atoms with van der Waals surface area (Å²) in [5, 5.41) is 20.9. The number of nitrogens with one attached hydrogen (secondary N) is 2. The molecule has 1 aliphatic heterocycles. The highest BCUT2D eigenvalue weighted by Gasteiger charge is 2.26. The van der Waals surface area contributed by atoms with Gasteiger partial charge in [-0.15, -0.1) is 12.4 Å². The quantitative estimate of drug-likeness (QED) is 0.376. The van der Waals surface area contributed by atoms with Crippen molar-refractivity contribution in [1.82, 2.24) is 20.5 Å². The van der Waals surface area contributed by atoms with E-state index in [9.17, 15) is 14.0 Å². The maximum Gasteiger partial charge on any atom is 0.182 e. The van der Waals surface area contributed by atoms with E-state index in [0.29, 0.717) is 16.6 Å². The second-order valence-corrected chi connectivity index (χ2v) is 8.28. The van der Waals surface area contributed by atoms with Gasteiger partial charge in [-0.1, -0.05) is 23.7 Å². The summed E-state index contributed by atoms with van der Waals surface area (Å²) >= 11 is 5.92. The molecule has 34 heavy (non-hydrogen) atoms. The van der Waals surface area contributed by atoms with Crippen molar-refractivity contribution in [2.75, 3.05) is 31.1 Å². The zero-order valence-corrected chi connectivity index (χ0v) is 19.7. The molecule has 0 radical (unpaired) electrons.